The molecule has 0 bridgehead atoms. The minimum atomic E-state index is -0.354. The molecular formula is C6H13N3O. The summed E-state index contributed by atoms with van der Waals surface area (Å²) in [6, 6.07) is 0.505. The van der Waals surface area contributed by atoms with Crippen molar-refractivity contribution in [1.82, 2.24) is 10.7 Å². The van der Waals surface area contributed by atoms with E-state index in [0.717, 1.165) is 12.8 Å². The zero-order chi connectivity index (χ0) is 7.56. The van der Waals surface area contributed by atoms with E-state index in [0.29, 0.717) is 6.04 Å². The van der Waals surface area contributed by atoms with Gasteiger partial charge in [-0.05, 0) is 19.8 Å². The molecule has 0 spiro atoms. The van der Waals surface area contributed by atoms with Crippen LogP contribution >= 0.6 is 0 Å². The molecule has 1 aliphatic rings. The number of carbonyl (C=O) groups is 1. The van der Waals surface area contributed by atoms with Gasteiger partial charge in [0.2, 0.25) is 0 Å². The minimum absolute atomic E-state index is 0.0365. The second-order valence-electron chi connectivity index (χ2n) is 2.65. The third kappa shape index (κ3) is 2.06. The zero-order valence-corrected chi connectivity index (χ0v) is 6.05. The van der Waals surface area contributed by atoms with Gasteiger partial charge in [0, 0.05) is 6.04 Å². The SMILES string of the molecule is CC(=O)C(NN)NC1CC1. The van der Waals surface area contributed by atoms with Crippen LogP contribution in [0.2, 0.25) is 0 Å². The molecule has 10 heavy (non-hydrogen) atoms. The van der Waals surface area contributed by atoms with Crippen molar-refractivity contribution in [3.63, 3.8) is 0 Å². The first kappa shape index (κ1) is 7.65. The van der Waals surface area contributed by atoms with E-state index in [-0.39, 0.29) is 11.9 Å². The molecule has 1 aliphatic carbocycles. The van der Waals surface area contributed by atoms with Crippen LogP contribution in [0.5, 0.6) is 0 Å². The number of Topliss-reactive ketones (excluding diaryl/α,β-unsaturated/α-hetero) is 1. The van der Waals surface area contributed by atoms with Gasteiger partial charge in [0.15, 0.2) is 5.78 Å². The Bertz CT molecular complexity index is 133. The van der Waals surface area contributed by atoms with Crippen molar-refractivity contribution in [2.75, 3.05) is 0 Å². The lowest BCUT2D eigenvalue weighted by molar-refractivity contribution is -0.119. The van der Waals surface area contributed by atoms with E-state index in [9.17, 15) is 4.79 Å². The molecular weight excluding hydrogens is 130 g/mol. The molecule has 1 unspecified atom stereocenters. The van der Waals surface area contributed by atoms with Crippen molar-refractivity contribution in [3.8, 4) is 0 Å². The van der Waals surface area contributed by atoms with E-state index < -0.39 is 0 Å². The average Bonchev–Trinajstić information content (AvgIpc) is 2.64. The Labute approximate surface area is 60.1 Å². The molecule has 0 aromatic heterocycles. The fourth-order valence-electron chi connectivity index (χ4n) is 0.769. The lowest BCUT2D eigenvalue weighted by Gasteiger charge is -2.12. The van der Waals surface area contributed by atoms with E-state index in [1.807, 2.05) is 0 Å². The Hall–Kier alpha value is -0.450. The average molecular weight is 143 g/mol. The molecule has 0 radical (unpaired) electrons. The normalized spacial score (nSPS) is 20.6. The third-order valence-corrected chi connectivity index (χ3v) is 1.55. The van der Waals surface area contributed by atoms with Gasteiger partial charge in [-0.25, -0.2) is 5.43 Å². The molecule has 4 N–H and O–H groups in total. The first-order valence-electron chi connectivity index (χ1n) is 3.46. The Morgan fingerprint density at radius 1 is 1.70 bits per heavy atom. The molecule has 0 aliphatic heterocycles. The fraction of sp³-hybridized carbons (Fsp3) is 0.833. The van der Waals surface area contributed by atoms with Gasteiger partial charge in [0.1, 0.15) is 6.17 Å². The quantitative estimate of drug-likeness (QED) is 0.271. The molecule has 1 fully saturated rings. The highest BCUT2D eigenvalue weighted by Gasteiger charge is 2.25. The molecule has 0 aromatic carbocycles. The van der Waals surface area contributed by atoms with Gasteiger partial charge in [-0.2, -0.15) is 0 Å². The number of nitrogens with two attached hydrogens (primary N) is 1. The first-order chi connectivity index (χ1) is 4.74. The number of ketones is 1. The Kier molecular flexibility index (Phi) is 2.37. The van der Waals surface area contributed by atoms with Crippen LogP contribution in [0.1, 0.15) is 19.8 Å². The van der Waals surface area contributed by atoms with Gasteiger partial charge in [-0.3, -0.25) is 16.0 Å². The summed E-state index contributed by atoms with van der Waals surface area (Å²) < 4.78 is 0. The maximum Gasteiger partial charge on any atom is 0.162 e. The Balaban J connectivity index is 2.24. The summed E-state index contributed by atoms with van der Waals surface area (Å²) in [6.07, 6.45) is 1.96. The zero-order valence-electron chi connectivity index (χ0n) is 6.05. The summed E-state index contributed by atoms with van der Waals surface area (Å²) in [5.74, 6) is 5.15. The number of rotatable bonds is 4. The highest BCUT2D eigenvalue weighted by molar-refractivity contribution is 5.80. The number of hydrazine groups is 1. The number of nitrogens with one attached hydrogen (secondary N) is 2. The summed E-state index contributed by atoms with van der Waals surface area (Å²) in [7, 11) is 0. The van der Waals surface area contributed by atoms with Crippen LogP contribution < -0.4 is 16.6 Å². The standard InChI is InChI=1S/C6H13N3O/c1-4(10)6(9-7)8-5-2-3-5/h5-6,8-9H,2-3,7H2,1H3. The fourth-order valence-corrected chi connectivity index (χ4v) is 0.769. The molecule has 0 saturated heterocycles. The second-order valence-corrected chi connectivity index (χ2v) is 2.65. The Morgan fingerprint density at radius 2 is 2.30 bits per heavy atom. The van der Waals surface area contributed by atoms with Crippen molar-refractivity contribution in [2.24, 2.45) is 5.84 Å². The van der Waals surface area contributed by atoms with Crippen molar-refractivity contribution in [3.05, 3.63) is 0 Å². The van der Waals surface area contributed by atoms with Crippen LogP contribution in [0.4, 0.5) is 0 Å². The van der Waals surface area contributed by atoms with E-state index >= 15 is 0 Å². The van der Waals surface area contributed by atoms with Crippen LogP contribution in [0.3, 0.4) is 0 Å². The molecule has 0 amide bonds. The predicted molar refractivity (Wildman–Crippen MR) is 37.9 cm³/mol. The summed E-state index contributed by atoms with van der Waals surface area (Å²) in [6.45, 7) is 1.51. The monoisotopic (exact) mass is 143 g/mol. The van der Waals surface area contributed by atoms with Crippen molar-refractivity contribution < 1.29 is 4.79 Å². The van der Waals surface area contributed by atoms with E-state index in [1.54, 1.807) is 0 Å². The molecule has 4 nitrogen and oxygen atoms in total. The lowest BCUT2D eigenvalue weighted by Crippen LogP contribution is -2.51. The van der Waals surface area contributed by atoms with Crippen LogP contribution in [0.25, 0.3) is 0 Å². The minimum Gasteiger partial charge on any atom is -0.297 e. The Morgan fingerprint density at radius 3 is 2.60 bits per heavy atom. The third-order valence-electron chi connectivity index (χ3n) is 1.55. The van der Waals surface area contributed by atoms with Gasteiger partial charge in [-0.1, -0.05) is 0 Å². The number of hydrogen-bond acceptors (Lipinski definition) is 4. The van der Waals surface area contributed by atoms with Crippen molar-refractivity contribution >= 4 is 5.78 Å². The number of hydrogen-bond donors (Lipinski definition) is 3. The van der Waals surface area contributed by atoms with Gasteiger partial charge < -0.3 is 0 Å². The molecule has 58 valence electrons. The van der Waals surface area contributed by atoms with Crippen LogP contribution in [-0.4, -0.2) is 18.0 Å². The maximum atomic E-state index is 10.7. The van der Waals surface area contributed by atoms with Gasteiger partial charge in [0.05, 0.1) is 0 Å². The summed E-state index contributed by atoms with van der Waals surface area (Å²) in [4.78, 5) is 10.7. The van der Waals surface area contributed by atoms with E-state index in [2.05, 4.69) is 10.7 Å². The van der Waals surface area contributed by atoms with Crippen molar-refractivity contribution in [2.45, 2.75) is 32.0 Å². The van der Waals surface area contributed by atoms with E-state index in [4.69, 9.17) is 5.84 Å². The predicted octanol–water partition coefficient (Wildman–Crippen LogP) is -0.883. The van der Waals surface area contributed by atoms with Crippen molar-refractivity contribution in [1.29, 1.82) is 0 Å². The highest BCUT2D eigenvalue weighted by Crippen LogP contribution is 2.18. The molecule has 0 aromatic rings. The molecule has 0 heterocycles. The van der Waals surface area contributed by atoms with Crippen LogP contribution in [-0.2, 0) is 4.79 Å². The highest BCUT2D eigenvalue weighted by atomic mass is 16.1. The molecule has 1 rings (SSSR count). The molecule has 4 heteroatoms. The van der Waals surface area contributed by atoms with E-state index in [1.165, 1.54) is 6.92 Å². The van der Waals surface area contributed by atoms with Crippen LogP contribution in [0.15, 0.2) is 0 Å². The summed E-state index contributed by atoms with van der Waals surface area (Å²) >= 11 is 0. The molecule has 1 saturated carbocycles. The first-order valence-corrected chi connectivity index (χ1v) is 3.46. The van der Waals surface area contributed by atoms with Gasteiger partial charge in [-0.15, -0.1) is 0 Å². The summed E-state index contributed by atoms with van der Waals surface area (Å²) in [5.41, 5.74) is 2.41. The summed E-state index contributed by atoms with van der Waals surface area (Å²) in [5, 5.41) is 3.05. The van der Waals surface area contributed by atoms with Gasteiger partial charge in [0.25, 0.3) is 0 Å². The number of carbonyl (C=O) groups excluding carboxylic acids is 1. The second kappa shape index (κ2) is 3.09. The van der Waals surface area contributed by atoms with Gasteiger partial charge >= 0.3 is 0 Å². The van der Waals surface area contributed by atoms with Crippen LogP contribution in [0, 0.1) is 0 Å². The largest absolute Gasteiger partial charge is 0.297 e. The molecule has 1 atom stereocenters. The smallest absolute Gasteiger partial charge is 0.162 e. The lowest BCUT2D eigenvalue weighted by atomic mass is 10.3. The topological polar surface area (TPSA) is 67.2 Å². The maximum absolute atomic E-state index is 10.7.